The second-order valence-electron chi connectivity index (χ2n) is 3.71. The van der Waals surface area contributed by atoms with Gasteiger partial charge in [0.2, 0.25) is 0 Å². The number of thiophene rings is 2. The molecule has 1 atom stereocenters. The van der Waals surface area contributed by atoms with Crippen LogP contribution in [0.5, 0.6) is 0 Å². The van der Waals surface area contributed by atoms with Crippen molar-refractivity contribution in [2.45, 2.75) is 19.4 Å². The summed E-state index contributed by atoms with van der Waals surface area (Å²) in [7, 11) is 0. The zero-order valence-corrected chi connectivity index (χ0v) is 13.3. The minimum absolute atomic E-state index is 0.259. The van der Waals surface area contributed by atoms with Gasteiger partial charge in [-0.1, -0.05) is 18.5 Å². The lowest BCUT2D eigenvalue weighted by Gasteiger charge is -2.15. The fourth-order valence-electron chi connectivity index (χ4n) is 1.63. The van der Waals surface area contributed by atoms with Crippen molar-refractivity contribution >= 4 is 50.2 Å². The molecule has 17 heavy (non-hydrogen) atoms. The van der Waals surface area contributed by atoms with Crippen molar-refractivity contribution in [3.8, 4) is 0 Å². The average Bonchev–Trinajstić information content (AvgIpc) is 2.89. The summed E-state index contributed by atoms with van der Waals surface area (Å²) in [6.07, 6.45) is 1.13. The van der Waals surface area contributed by atoms with Gasteiger partial charge in [0.05, 0.1) is 14.2 Å². The van der Waals surface area contributed by atoms with Gasteiger partial charge >= 0.3 is 0 Å². The Morgan fingerprint density at radius 1 is 1.47 bits per heavy atom. The van der Waals surface area contributed by atoms with Crippen LogP contribution in [0.15, 0.2) is 27.4 Å². The predicted octanol–water partition coefficient (Wildman–Crippen LogP) is 5.31. The summed E-state index contributed by atoms with van der Waals surface area (Å²) in [6.45, 7) is 3.18. The Morgan fingerprint density at radius 3 is 2.82 bits per heavy atom. The maximum atomic E-state index is 6.02. The monoisotopic (exact) mass is 349 g/mol. The lowest BCUT2D eigenvalue weighted by atomic mass is 10.1. The Bertz CT molecular complexity index is 440. The van der Waals surface area contributed by atoms with Gasteiger partial charge in [-0.05, 0) is 58.0 Å². The molecule has 2 aromatic rings. The van der Waals surface area contributed by atoms with Crippen LogP contribution in [0.4, 0.5) is 0 Å². The molecule has 0 aliphatic heterocycles. The molecule has 0 saturated heterocycles. The lowest BCUT2D eigenvalue weighted by molar-refractivity contribution is 0.607. The topological polar surface area (TPSA) is 12.0 Å². The minimum atomic E-state index is 0.259. The van der Waals surface area contributed by atoms with Gasteiger partial charge in [-0.3, -0.25) is 0 Å². The van der Waals surface area contributed by atoms with E-state index in [1.807, 2.05) is 6.07 Å². The van der Waals surface area contributed by atoms with E-state index in [1.54, 1.807) is 22.7 Å². The first kappa shape index (κ1) is 13.6. The summed E-state index contributed by atoms with van der Waals surface area (Å²) < 4.78 is 2.01. The van der Waals surface area contributed by atoms with Crippen LogP contribution in [0.25, 0.3) is 0 Å². The molecule has 0 aliphatic rings. The first-order valence-corrected chi connectivity index (χ1v) is 8.30. The predicted molar refractivity (Wildman–Crippen MR) is 81.5 cm³/mol. The molecular weight excluding hydrogens is 338 g/mol. The molecular formula is C12H13BrClNS2. The third-order valence-corrected chi connectivity index (χ3v) is 5.22. The van der Waals surface area contributed by atoms with Gasteiger partial charge in [0, 0.05) is 4.88 Å². The molecule has 0 fully saturated rings. The van der Waals surface area contributed by atoms with E-state index in [1.165, 1.54) is 14.2 Å². The molecule has 92 valence electrons. The Kier molecular flexibility index (Phi) is 5.06. The highest BCUT2D eigenvalue weighted by Crippen LogP contribution is 2.34. The van der Waals surface area contributed by atoms with E-state index >= 15 is 0 Å². The quantitative estimate of drug-likeness (QED) is 0.770. The first-order chi connectivity index (χ1) is 8.20. The molecule has 1 N–H and O–H groups in total. The summed E-state index contributed by atoms with van der Waals surface area (Å²) in [5.74, 6) is 0. The zero-order valence-electron chi connectivity index (χ0n) is 9.37. The van der Waals surface area contributed by atoms with E-state index in [0.29, 0.717) is 0 Å². The molecule has 1 nitrogen and oxygen atoms in total. The summed E-state index contributed by atoms with van der Waals surface area (Å²) in [5, 5.41) is 5.75. The first-order valence-electron chi connectivity index (χ1n) is 5.43. The van der Waals surface area contributed by atoms with Gasteiger partial charge in [0.1, 0.15) is 0 Å². The van der Waals surface area contributed by atoms with E-state index in [9.17, 15) is 0 Å². The molecule has 5 heteroatoms. The molecule has 0 bridgehead atoms. The smallest absolute Gasteiger partial charge is 0.0931 e. The molecule has 2 heterocycles. The van der Waals surface area contributed by atoms with Crippen LogP contribution in [0.3, 0.4) is 0 Å². The lowest BCUT2D eigenvalue weighted by Crippen LogP contribution is -2.21. The number of hydrogen-bond acceptors (Lipinski definition) is 3. The second-order valence-corrected chi connectivity index (χ2v) is 7.75. The van der Waals surface area contributed by atoms with Crippen molar-refractivity contribution in [3.63, 3.8) is 0 Å². The van der Waals surface area contributed by atoms with Gasteiger partial charge in [-0.15, -0.1) is 22.7 Å². The van der Waals surface area contributed by atoms with Crippen LogP contribution in [0, 0.1) is 0 Å². The van der Waals surface area contributed by atoms with Gasteiger partial charge in [-0.25, -0.2) is 0 Å². The maximum Gasteiger partial charge on any atom is 0.0931 e. The largest absolute Gasteiger partial charge is 0.306 e. The van der Waals surface area contributed by atoms with Crippen LogP contribution >= 0.6 is 50.2 Å². The molecule has 2 rings (SSSR count). The van der Waals surface area contributed by atoms with E-state index < -0.39 is 0 Å². The number of hydrogen-bond donors (Lipinski definition) is 1. The Labute approximate surface area is 123 Å². The summed E-state index contributed by atoms with van der Waals surface area (Å²) in [4.78, 5) is 1.27. The summed E-state index contributed by atoms with van der Waals surface area (Å²) in [6, 6.07) is 6.50. The highest BCUT2D eigenvalue weighted by molar-refractivity contribution is 9.11. The van der Waals surface area contributed by atoms with Crippen molar-refractivity contribution < 1.29 is 0 Å². The summed E-state index contributed by atoms with van der Waals surface area (Å²) in [5.41, 5.74) is 1.30. The van der Waals surface area contributed by atoms with Gasteiger partial charge in [-0.2, -0.15) is 0 Å². The van der Waals surface area contributed by atoms with Crippen molar-refractivity contribution in [2.75, 3.05) is 6.54 Å². The second kappa shape index (κ2) is 6.34. The fraction of sp³-hybridized carbons (Fsp3) is 0.333. The minimum Gasteiger partial charge on any atom is -0.306 e. The van der Waals surface area contributed by atoms with Crippen LogP contribution in [-0.2, 0) is 0 Å². The molecule has 0 amide bonds. The summed E-state index contributed by atoms with van der Waals surface area (Å²) >= 11 is 12.9. The standard InChI is InChI=1S/C12H13BrClNS2/c1-2-5-15-12(8-6-10(13)16-7-8)9-3-4-11(14)17-9/h3-4,6-7,12,15H,2,5H2,1H3. The molecule has 0 spiro atoms. The SMILES string of the molecule is CCCNC(c1csc(Br)c1)c1ccc(Cl)s1. The molecule has 0 saturated carbocycles. The highest BCUT2D eigenvalue weighted by Gasteiger charge is 2.16. The number of halogens is 2. The number of nitrogens with one attached hydrogen (secondary N) is 1. The van der Waals surface area contributed by atoms with Crippen molar-refractivity contribution in [1.29, 1.82) is 0 Å². The zero-order chi connectivity index (χ0) is 12.3. The number of rotatable bonds is 5. The van der Waals surface area contributed by atoms with Gasteiger partial charge < -0.3 is 5.32 Å². The van der Waals surface area contributed by atoms with E-state index in [2.05, 4.69) is 45.7 Å². The van der Waals surface area contributed by atoms with Crippen molar-refractivity contribution in [3.05, 3.63) is 42.1 Å². The van der Waals surface area contributed by atoms with Crippen LogP contribution < -0.4 is 5.32 Å². The molecule has 0 aromatic carbocycles. The van der Waals surface area contributed by atoms with Gasteiger partial charge in [0.15, 0.2) is 0 Å². The average molecular weight is 351 g/mol. The Hall–Kier alpha value is 0.130. The fourth-order valence-corrected chi connectivity index (χ4v) is 4.00. The van der Waals surface area contributed by atoms with Crippen LogP contribution in [0.1, 0.15) is 29.8 Å². The van der Waals surface area contributed by atoms with Crippen LogP contribution in [-0.4, -0.2) is 6.54 Å². The maximum absolute atomic E-state index is 6.02. The van der Waals surface area contributed by atoms with E-state index in [4.69, 9.17) is 11.6 Å². The molecule has 0 radical (unpaired) electrons. The third-order valence-electron chi connectivity index (χ3n) is 2.40. The van der Waals surface area contributed by atoms with E-state index in [0.717, 1.165) is 17.3 Å². The normalized spacial score (nSPS) is 12.9. The Morgan fingerprint density at radius 2 is 2.29 bits per heavy atom. The highest BCUT2D eigenvalue weighted by atomic mass is 79.9. The molecule has 2 aromatic heterocycles. The molecule has 1 unspecified atom stereocenters. The van der Waals surface area contributed by atoms with Crippen LogP contribution in [0.2, 0.25) is 4.34 Å². The van der Waals surface area contributed by atoms with Gasteiger partial charge in [0.25, 0.3) is 0 Å². The van der Waals surface area contributed by atoms with E-state index in [-0.39, 0.29) is 6.04 Å². The van der Waals surface area contributed by atoms with Crippen molar-refractivity contribution in [2.24, 2.45) is 0 Å². The van der Waals surface area contributed by atoms with Crippen molar-refractivity contribution in [1.82, 2.24) is 5.32 Å². The molecule has 0 aliphatic carbocycles. The Balaban J connectivity index is 2.24. The third kappa shape index (κ3) is 3.55.